The molecule has 1 aliphatic rings. The van der Waals surface area contributed by atoms with Crippen LogP contribution in [0.3, 0.4) is 0 Å². The van der Waals surface area contributed by atoms with E-state index in [4.69, 9.17) is 4.98 Å². The van der Waals surface area contributed by atoms with E-state index in [1.54, 1.807) is 11.3 Å². The molecule has 5 nitrogen and oxygen atoms in total. The number of thiazole rings is 1. The summed E-state index contributed by atoms with van der Waals surface area (Å²) in [6.45, 7) is 4.39. The number of carbonyl (C=O) groups excluding carboxylic acids is 1. The van der Waals surface area contributed by atoms with Crippen LogP contribution < -0.4 is 10.2 Å². The molecule has 3 heterocycles. The zero-order valence-electron chi connectivity index (χ0n) is 17.7. The summed E-state index contributed by atoms with van der Waals surface area (Å²) in [7, 11) is 0. The third-order valence-electron chi connectivity index (χ3n) is 5.91. The molecule has 2 aromatic heterocycles. The smallest absolute Gasteiger partial charge is 0.230 e. The first kappa shape index (κ1) is 19.8. The first-order chi connectivity index (χ1) is 15.2. The minimum atomic E-state index is -0.0174. The lowest BCUT2D eigenvalue weighted by atomic mass is 10.1. The largest absolute Gasteiger partial charge is 0.372 e. The first-order valence-electron chi connectivity index (χ1n) is 10.9. The highest BCUT2D eigenvalue weighted by Gasteiger charge is 2.14. The average molecular weight is 431 g/mol. The van der Waals surface area contributed by atoms with E-state index in [1.807, 2.05) is 28.1 Å². The van der Waals surface area contributed by atoms with Crippen LogP contribution in [0.25, 0.3) is 16.2 Å². The summed E-state index contributed by atoms with van der Waals surface area (Å²) < 4.78 is 2.03. The van der Waals surface area contributed by atoms with Crippen molar-refractivity contribution < 1.29 is 4.79 Å². The van der Waals surface area contributed by atoms with Crippen LogP contribution in [0.5, 0.6) is 0 Å². The van der Waals surface area contributed by atoms with E-state index in [9.17, 15) is 4.79 Å². The average Bonchev–Trinajstić information content (AvgIpc) is 3.53. The second-order valence-electron chi connectivity index (χ2n) is 8.02. The van der Waals surface area contributed by atoms with Crippen molar-refractivity contribution in [2.75, 3.05) is 23.3 Å². The molecule has 2 aromatic carbocycles. The van der Waals surface area contributed by atoms with Crippen LogP contribution in [-0.4, -0.2) is 28.4 Å². The molecule has 1 N–H and O–H groups in total. The van der Waals surface area contributed by atoms with Crippen LogP contribution >= 0.6 is 11.3 Å². The monoisotopic (exact) mass is 430 g/mol. The van der Waals surface area contributed by atoms with Gasteiger partial charge in [0.15, 0.2) is 4.96 Å². The molecule has 0 bridgehead atoms. The Kier molecular flexibility index (Phi) is 5.47. The molecule has 0 saturated carbocycles. The highest BCUT2D eigenvalue weighted by atomic mass is 32.1. The molecule has 0 aliphatic carbocycles. The number of benzene rings is 2. The Morgan fingerprint density at radius 1 is 1.06 bits per heavy atom. The fraction of sp³-hybridized carbons (Fsp3) is 0.280. The molecule has 31 heavy (non-hydrogen) atoms. The molecule has 0 unspecified atom stereocenters. The van der Waals surface area contributed by atoms with Gasteiger partial charge in [0.05, 0.1) is 12.1 Å². The minimum absolute atomic E-state index is 0.0174. The Morgan fingerprint density at radius 3 is 2.52 bits per heavy atom. The predicted molar refractivity (Wildman–Crippen MR) is 128 cm³/mol. The number of aryl methyl sites for hydroxylation is 1. The molecule has 5 rings (SSSR count). The van der Waals surface area contributed by atoms with Gasteiger partial charge in [-0.1, -0.05) is 31.2 Å². The Bertz CT molecular complexity index is 1180. The molecule has 6 heteroatoms. The highest BCUT2D eigenvalue weighted by molar-refractivity contribution is 7.15. The number of anilines is 2. The van der Waals surface area contributed by atoms with Crippen LogP contribution in [-0.2, 0) is 17.6 Å². The summed E-state index contributed by atoms with van der Waals surface area (Å²) in [4.78, 5) is 20.7. The van der Waals surface area contributed by atoms with Crippen molar-refractivity contribution in [1.29, 1.82) is 0 Å². The van der Waals surface area contributed by atoms with Crippen molar-refractivity contribution in [1.82, 2.24) is 9.38 Å². The van der Waals surface area contributed by atoms with Crippen LogP contribution in [0.4, 0.5) is 11.4 Å². The van der Waals surface area contributed by atoms with Gasteiger partial charge in [-0.2, -0.15) is 0 Å². The van der Waals surface area contributed by atoms with Crippen molar-refractivity contribution in [3.8, 4) is 11.3 Å². The Labute approximate surface area is 186 Å². The fourth-order valence-electron chi connectivity index (χ4n) is 4.11. The quantitative estimate of drug-likeness (QED) is 0.445. The van der Waals surface area contributed by atoms with Crippen molar-refractivity contribution in [3.05, 3.63) is 71.4 Å². The lowest BCUT2D eigenvalue weighted by Crippen LogP contribution is -2.18. The van der Waals surface area contributed by atoms with Gasteiger partial charge in [-0.25, -0.2) is 4.98 Å². The van der Waals surface area contributed by atoms with Crippen LogP contribution in [0.2, 0.25) is 0 Å². The number of rotatable bonds is 6. The summed E-state index contributed by atoms with van der Waals surface area (Å²) in [5, 5.41) is 5.04. The van der Waals surface area contributed by atoms with E-state index in [2.05, 4.69) is 53.5 Å². The second-order valence-corrected chi connectivity index (χ2v) is 8.86. The summed E-state index contributed by atoms with van der Waals surface area (Å²) in [6, 6.07) is 16.7. The first-order valence-corrected chi connectivity index (χ1v) is 11.8. The van der Waals surface area contributed by atoms with Gasteiger partial charge in [-0.15, -0.1) is 11.3 Å². The van der Waals surface area contributed by atoms with E-state index in [1.165, 1.54) is 24.1 Å². The number of amides is 1. The van der Waals surface area contributed by atoms with Gasteiger partial charge in [-0.3, -0.25) is 9.20 Å². The van der Waals surface area contributed by atoms with Crippen LogP contribution in [0.15, 0.2) is 60.1 Å². The van der Waals surface area contributed by atoms with Crippen molar-refractivity contribution >= 4 is 33.6 Å². The van der Waals surface area contributed by atoms with Gasteiger partial charge in [-0.05, 0) is 49.1 Å². The third kappa shape index (κ3) is 4.21. The molecule has 158 valence electrons. The van der Waals surface area contributed by atoms with E-state index in [0.717, 1.165) is 47.1 Å². The Morgan fingerprint density at radius 2 is 1.81 bits per heavy atom. The number of fused-ring (bicyclic) bond motifs is 1. The molecule has 1 fully saturated rings. The minimum Gasteiger partial charge on any atom is -0.372 e. The van der Waals surface area contributed by atoms with E-state index < -0.39 is 0 Å². The van der Waals surface area contributed by atoms with Gasteiger partial charge >= 0.3 is 0 Å². The maximum absolute atomic E-state index is 12.7. The molecule has 1 saturated heterocycles. The van der Waals surface area contributed by atoms with Crippen molar-refractivity contribution in [3.63, 3.8) is 0 Å². The predicted octanol–water partition coefficient (Wildman–Crippen LogP) is 5.41. The summed E-state index contributed by atoms with van der Waals surface area (Å²) in [5.41, 5.74) is 6.37. The Balaban J connectivity index is 1.27. The number of imidazole rings is 1. The van der Waals surface area contributed by atoms with Gasteiger partial charge in [0.25, 0.3) is 0 Å². The molecule has 0 spiro atoms. The lowest BCUT2D eigenvalue weighted by molar-refractivity contribution is -0.115. The molecule has 1 amide bonds. The number of carbonyl (C=O) groups is 1. The maximum Gasteiger partial charge on any atom is 0.230 e. The molecule has 1 aliphatic heterocycles. The van der Waals surface area contributed by atoms with Crippen LogP contribution in [0.1, 0.15) is 31.0 Å². The standard InChI is InChI=1S/C25H26N4OS/c1-2-18-5-7-19(8-6-18)23-16-29-22(17-31-25(29)27-23)15-24(30)26-20-9-11-21(12-10-20)28-13-3-4-14-28/h5-12,16-17H,2-4,13-15H2,1H3,(H,26,30). The van der Waals surface area contributed by atoms with Gasteiger partial charge in [0.2, 0.25) is 5.91 Å². The number of hydrogen-bond donors (Lipinski definition) is 1. The van der Waals surface area contributed by atoms with Crippen molar-refractivity contribution in [2.24, 2.45) is 0 Å². The topological polar surface area (TPSA) is 49.6 Å². The second kappa shape index (κ2) is 8.55. The van der Waals surface area contributed by atoms with E-state index >= 15 is 0 Å². The maximum atomic E-state index is 12.7. The van der Waals surface area contributed by atoms with E-state index in [0.29, 0.717) is 6.42 Å². The third-order valence-corrected chi connectivity index (χ3v) is 6.79. The van der Waals surface area contributed by atoms with Crippen molar-refractivity contribution in [2.45, 2.75) is 32.6 Å². The molecular weight excluding hydrogens is 404 g/mol. The van der Waals surface area contributed by atoms with Crippen LogP contribution in [0, 0.1) is 0 Å². The summed E-state index contributed by atoms with van der Waals surface area (Å²) in [6.07, 6.45) is 5.89. The zero-order valence-corrected chi connectivity index (χ0v) is 18.5. The number of nitrogens with zero attached hydrogens (tertiary/aromatic N) is 3. The normalized spacial score (nSPS) is 13.8. The van der Waals surface area contributed by atoms with E-state index in [-0.39, 0.29) is 5.91 Å². The summed E-state index contributed by atoms with van der Waals surface area (Å²) >= 11 is 1.57. The van der Waals surface area contributed by atoms with Gasteiger partial charge < -0.3 is 10.2 Å². The SMILES string of the molecule is CCc1ccc(-c2cn3c(CC(=O)Nc4ccc(N5CCCC5)cc4)csc3n2)cc1. The zero-order chi connectivity index (χ0) is 21.2. The number of aromatic nitrogens is 2. The molecule has 4 aromatic rings. The Hall–Kier alpha value is -3.12. The number of hydrogen-bond acceptors (Lipinski definition) is 4. The summed E-state index contributed by atoms with van der Waals surface area (Å²) in [5.74, 6) is -0.0174. The highest BCUT2D eigenvalue weighted by Crippen LogP contribution is 2.25. The fourth-order valence-corrected chi connectivity index (χ4v) is 4.98. The molecule has 0 atom stereocenters. The molecular formula is C25H26N4OS. The lowest BCUT2D eigenvalue weighted by Gasteiger charge is -2.17. The van der Waals surface area contributed by atoms with Gasteiger partial charge in [0.1, 0.15) is 0 Å². The van der Waals surface area contributed by atoms with Gasteiger partial charge in [0, 0.05) is 47.3 Å². The molecule has 0 radical (unpaired) electrons. The number of nitrogens with one attached hydrogen (secondary N) is 1.